The standard InChI is InChI=1S/C8H9IO3S/c1-13(10,11)12-8-5-3-2-4-7(8)6-9/h2-5H,6H2,1H3. The predicted molar refractivity (Wildman–Crippen MR) is 59.6 cm³/mol. The Morgan fingerprint density at radius 2 is 2.00 bits per heavy atom. The summed E-state index contributed by atoms with van der Waals surface area (Å²) in [6.07, 6.45) is 1.04. The summed E-state index contributed by atoms with van der Waals surface area (Å²) < 4.78 is 27.2. The normalized spacial score (nSPS) is 11.2. The van der Waals surface area contributed by atoms with E-state index in [1.54, 1.807) is 12.1 Å². The molecule has 1 rings (SSSR count). The third-order valence-corrected chi connectivity index (χ3v) is 2.66. The van der Waals surface area contributed by atoms with E-state index in [-0.39, 0.29) is 0 Å². The molecule has 0 N–H and O–H groups in total. The van der Waals surface area contributed by atoms with Crippen LogP contribution in [-0.4, -0.2) is 14.7 Å². The van der Waals surface area contributed by atoms with Crippen LogP contribution in [0.2, 0.25) is 0 Å². The Bertz CT molecular complexity index is 386. The molecule has 0 saturated carbocycles. The van der Waals surface area contributed by atoms with Gasteiger partial charge in [-0.05, 0) is 6.07 Å². The van der Waals surface area contributed by atoms with Gasteiger partial charge in [0, 0.05) is 9.99 Å². The van der Waals surface area contributed by atoms with Gasteiger partial charge in [0.15, 0.2) is 0 Å². The Morgan fingerprint density at radius 1 is 1.38 bits per heavy atom. The Balaban J connectivity index is 3.01. The average Bonchev–Trinajstić information content (AvgIpc) is 2.02. The summed E-state index contributed by atoms with van der Waals surface area (Å²) in [6.45, 7) is 0. The third kappa shape index (κ3) is 3.51. The highest BCUT2D eigenvalue weighted by molar-refractivity contribution is 14.1. The van der Waals surface area contributed by atoms with Crippen molar-refractivity contribution < 1.29 is 12.6 Å². The summed E-state index contributed by atoms with van der Waals surface area (Å²) in [6, 6.07) is 7.08. The topological polar surface area (TPSA) is 43.4 Å². The second kappa shape index (κ2) is 4.28. The number of rotatable bonds is 3. The van der Waals surface area contributed by atoms with Gasteiger partial charge in [0.1, 0.15) is 5.75 Å². The van der Waals surface area contributed by atoms with Gasteiger partial charge in [-0.3, -0.25) is 0 Å². The highest BCUT2D eigenvalue weighted by Gasteiger charge is 2.07. The Kier molecular flexibility index (Phi) is 3.55. The summed E-state index contributed by atoms with van der Waals surface area (Å²) in [5.74, 6) is 0.416. The first-order chi connectivity index (χ1) is 6.03. The smallest absolute Gasteiger partial charge is 0.306 e. The van der Waals surface area contributed by atoms with Crippen molar-refractivity contribution in [3.8, 4) is 5.75 Å². The number of hydrogen-bond acceptors (Lipinski definition) is 3. The van der Waals surface area contributed by atoms with Crippen molar-refractivity contribution >= 4 is 32.7 Å². The van der Waals surface area contributed by atoms with E-state index in [0.717, 1.165) is 16.2 Å². The first-order valence-corrected chi connectivity index (χ1v) is 6.90. The SMILES string of the molecule is CS(=O)(=O)Oc1ccccc1CI. The van der Waals surface area contributed by atoms with Crippen LogP contribution in [0.5, 0.6) is 5.75 Å². The van der Waals surface area contributed by atoms with Crippen molar-refractivity contribution in [1.82, 2.24) is 0 Å². The molecular formula is C8H9IO3S. The van der Waals surface area contributed by atoms with Gasteiger partial charge >= 0.3 is 10.1 Å². The van der Waals surface area contributed by atoms with Gasteiger partial charge in [-0.25, -0.2) is 0 Å². The lowest BCUT2D eigenvalue weighted by Crippen LogP contribution is -2.06. The van der Waals surface area contributed by atoms with E-state index in [4.69, 9.17) is 4.18 Å². The molecule has 72 valence electrons. The van der Waals surface area contributed by atoms with Crippen LogP contribution in [0.3, 0.4) is 0 Å². The zero-order chi connectivity index (χ0) is 9.90. The molecule has 0 unspecified atom stereocenters. The van der Waals surface area contributed by atoms with Gasteiger partial charge in [0.2, 0.25) is 0 Å². The van der Waals surface area contributed by atoms with E-state index in [2.05, 4.69) is 22.6 Å². The molecule has 0 fully saturated rings. The zero-order valence-electron chi connectivity index (χ0n) is 7.03. The number of benzene rings is 1. The highest BCUT2D eigenvalue weighted by Crippen LogP contribution is 2.21. The molecule has 5 heteroatoms. The molecule has 0 radical (unpaired) electrons. The summed E-state index contributed by atoms with van der Waals surface area (Å²) in [5.41, 5.74) is 0.883. The molecule has 0 atom stereocenters. The number of hydrogen-bond donors (Lipinski definition) is 0. The first-order valence-electron chi connectivity index (χ1n) is 3.56. The van der Waals surface area contributed by atoms with Gasteiger partial charge in [0.25, 0.3) is 0 Å². The van der Waals surface area contributed by atoms with Crippen LogP contribution < -0.4 is 4.18 Å². The second-order valence-electron chi connectivity index (χ2n) is 2.53. The summed E-state index contributed by atoms with van der Waals surface area (Å²) in [7, 11) is -3.41. The third-order valence-electron chi connectivity index (χ3n) is 1.36. The molecule has 1 aromatic rings. The van der Waals surface area contributed by atoms with Gasteiger partial charge in [-0.1, -0.05) is 40.8 Å². The van der Waals surface area contributed by atoms with Crippen LogP contribution in [0, 0.1) is 0 Å². The van der Waals surface area contributed by atoms with E-state index in [1.807, 2.05) is 12.1 Å². The largest absolute Gasteiger partial charge is 0.382 e. The molecule has 0 heterocycles. The van der Waals surface area contributed by atoms with E-state index < -0.39 is 10.1 Å². The van der Waals surface area contributed by atoms with E-state index in [9.17, 15) is 8.42 Å². The maximum Gasteiger partial charge on any atom is 0.306 e. The van der Waals surface area contributed by atoms with E-state index >= 15 is 0 Å². The second-order valence-corrected chi connectivity index (χ2v) is 4.87. The molecule has 0 aliphatic carbocycles. The molecule has 3 nitrogen and oxygen atoms in total. The molecular weight excluding hydrogens is 303 g/mol. The molecule has 0 aliphatic heterocycles. The maximum absolute atomic E-state index is 10.8. The van der Waals surface area contributed by atoms with Crippen LogP contribution in [0.15, 0.2) is 24.3 Å². The van der Waals surface area contributed by atoms with Gasteiger partial charge in [0.05, 0.1) is 6.26 Å². The van der Waals surface area contributed by atoms with Crippen molar-refractivity contribution in [2.24, 2.45) is 0 Å². The minimum atomic E-state index is -3.41. The summed E-state index contributed by atoms with van der Waals surface area (Å²) in [4.78, 5) is 0. The molecule has 0 aromatic heterocycles. The lowest BCUT2D eigenvalue weighted by molar-refractivity contribution is 0.491. The molecule has 1 aromatic carbocycles. The van der Waals surface area contributed by atoms with E-state index in [0.29, 0.717) is 5.75 Å². The predicted octanol–water partition coefficient (Wildman–Crippen LogP) is 1.96. The molecule has 13 heavy (non-hydrogen) atoms. The fourth-order valence-electron chi connectivity index (χ4n) is 0.859. The summed E-state index contributed by atoms with van der Waals surface area (Å²) >= 11 is 2.16. The van der Waals surface area contributed by atoms with Crippen molar-refractivity contribution in [1.29, 1.82) is 0 Å². The van der Waals surface area contributed by atoms with Gasteiger partial charge < -0.3 is 4.18 Å². The summed E-state index contributed by atoms with van der Waals surface area (Å²) in [5, 5.41) is 0. The fraction of sp³-hybridized carbons (Fsp3) is 0.250. The fourth-order valence-corrected chi connectivity index (χ4v) is 1.98. The molecule has 0 aliphatic rings. The van der Waals surface area contributed by atoms with Crippen LogP contribution in [0.25, 0.3) is 0 Å². The molecule has 0 saturated heterocycles. The van der Waals surface area contributed by atoms with E-state index in [1.165, 1.54) is 0 Å². The number of halogens is 1. The maximum atomic E-state index is 10.8. The first kappa shape index (κ1) is 10.8. The van der Waals surface area contributed by atoms with Crippen LogP contribution >= 0.6 is 22.6 Å². The molecule has 0 bridgehead atoms. The van der Waals surface area contributed by atoms with Crippen LogP contribution in [0.4, 0.5) is 0 Å². The van der Waals surface area contributed by atoms with Crippen molar-refractivity contribution in [2.75, 3.05) is 6.26 Å². The monoisotopic (exact) mass is 312 g/mol. The lowest BCUT2D eigenvalue weighted by atomic mass is 10.2. The Morgan fingerprint density at radius 3 is 2.54 bits per heavy atom. The quantitative estimate of drug-likeness (QED) is 0.487. The lowest BCUT2D eigenvalue weighted by Gasteiger charge is -2.06. The van der Waals surface area contributed by atoms with Crippen molar-refractivity contribution in [3.63, 3.8) is 0 Å². The van der Waals surface area contributed by atoms with Crippen LogP contribution in [-0.2, 0) is 14.5 Å². The van der Waals surface area contributed by atoms with Crippen molar-refractivity contribution in [3.05, 3.63) is 29.8 Å². The average molecular weight is 312 g/mol. The molecule has 0 amide bonds. The minimum absolute atomic E-state index is 0.416. The number of alkyl halides is 1. The Hall–Kier alpha value is -0.300. The van der Waals surface area contributed by atoms with Gasteiger partial charge in [-0.2, -0.15) is 8.42 Å². The Labute approximate surface area is 91.4 Å². The van der Waals surface area contributed by atoms with Crippen LogP contribution in [0.1, 0.15) is 5.56 Å². The van der Waals surface area contributed by atoms with Crippen molar-refractivity contribution in [2.45, 2.75) is 4.43 Å². The number of para-hydroxylation sites is 1. The minimum Gasteiger partial charge on any atom is -0.382 e. The van der Waals surface area contributed by atoms with Gasteiger partial charge in [-0.15, -0.1) is 0 Å². The molecule has 0 spiro atoms. The zero-order valence-corrected chi connectivity index (χ0v) is 10.0. The highest BCUT2D eigenvalue weighted by atomic mass is 127.